The van der Waals surface area contributed by atoms with Gasteiger partial charge in [0.1, 0.15) is 0 Å². The average Bonchev–Trinajstić information content (AvgIpc) is 2.48. The van der Waals surface area contributed by atoms with E-state index in [9.17, 15) is 0 Å². The van der Waals surface area contributed by atoms with Gasteiger partial charge >= 0.3 is 0 Å². The molecular weight excluding hydrogens is 288 g/mol. The van der Waals surface area contributed by atoms with Crippen molar-refractivity contribution in [1.82, 2.24) is 0 Å². The largest absolute Gasteiger partial charge is 0.0625 e. The van der Waals surface area contributed by atoms with Gasteiger partial charge in [0.25, 0.3) is 0 Å². The quantitative estimate of drug-likeness (QED) is 0.415. The van der Waals surface area contributed by atoms with Gasteiger partial charge in [-0.2, -0.15) is 0 Å². The molecule has 0 aromatic heterocycles. The van der Waals surface area contributed by atoms with Crippen LogP contribution < -0.4 is 0 Å². The van der Waals surface area contributed by atoms with Crippen molar-refractivity contribution in [2.75, 3.05) is 0 Å². The third-order valence-electron chi connectivity index (χ3n) is 6.80. The molecule has 3 unspecified atom stereocenters. The molecule has 1 saturated carbocycles. The van der Waals surface area contributed by atoms with Gasteiger partial charge in [-0.05, 0) is 60.7 Å². The molecule has 1 aliphatic rings. The lowest BCUT2D eigenvalue weighted by Gasteiger charge is -2.32. The van der Waals surface area contributed by atoms with E-state index in [1.165, 1.54) is 77.0 Å². The van der Waals surface area contributed by atoms with Crippen molar-refractivity contribution in [2.24, 2.45) is 28.6 Å². The van der Waals surface area contributed by atoms with Crippen LogP contribution in [-0.2, 0) is 0 Å². The SMILES string of the molecule is CC1CCCCCC(C)(C)CCC(C)(C)CCC(C)CC(C)CC1. The van der Waals surface area contributed by atoms with Crippen LogP contribution in [0.15, 0.2) is 0 Å². The summed E-state index contributed by atoms with van der Waals surface area (Å²) in [4.78, 5) is 0. The molecule has 0 aromatic rings. The first kappa shape index (κ1) is 22.0. The van der Waals surface area contributed by atoms with E-state index in [1.54, 1.807) is 0 Å². The normalized spacial score (nSPS) is 34.4. The molecule has 0 heterocycles. The molecule has 24 heavy (non-hydrogen) atoms. The van der Waals surface area contributed by atoms with E-state index in [-0.39, 0.29) is 0 Å². The van der Waals surface area contributed by atoms with Gasteiger partial charge in [-0.15, -0.1) is 0 Å². The smallest absolute Gasteiger partial charge is 0.0354 e. The Kier molecular flexibility index (Phi) is 9.39. The summed E-state index contributed by atoms with van der Waals surface area (Å²) in [7, 11) is 0. The van der Waals surface area contributed by atoms with Crippen LogP contribution in [-0.4, -0.2) is 0 Å². The monoisotopic (exact) mass is 336 g/mol. The van der Waals surface area contributed by atoms with E-state index in [1.807, 2.05) is 0 Å². The maximum atomic E-state index is 2.51. The van der Waals surface area contributed by atoms with Gasteiger partial charge in [-0.1, -0.05) is 93.4 Å². The van der Waals surface area contributed by atoms with Crippen molar-refractivity contribution < 1.29 is 0 Å². The molecule has 0 nitrogen and oxygen atoms in total. The van der Waals surface area contributed by atoms with E-state index in [2.05, 4.69) is 48.5 Å². The van der Waals surface area contributed by atoms with Crippen LogP contribution in [0.2, 0.25) is 0 Å². The molecule has 0 bridgehead atoms. The summed E-state index contributed by atoms with van der Waals surface area (Å²) >= 11 is 0. The minimum Gasteiger partial charge on any atom is -0.0625 e. The Labute approximate surface area is 154 Å². The molecule has 0 aliphatic heterocycles. The Hall–Kier alpha value is 0. The van der Waals surface area contributed by atoms with Crippen molar-refractivity contribution in [3.05, 3.63) is 0 Å². The highest BCUT2D eigenvalue weighted by molar-refractivity contribution is 4.77. The standard InChI is InChI=1S/C24H48/c1-20-11-9-8-10-15-23(4,5)17-18-24(6,7)16-14-22(3)19-21(2)13-12-20/h20-22H,8-19H2,1-7H3. The maximum absolute atomic E-state index is 2.51. The molecule has 0 saturated heterocycles. The molecular formula is C24H48. The van der Waals surface area contributed by atoms with Crippen molar-refractivity contribution in [3.63, 3.8) is 0 Å². The van der Waals surface area contributed by atoms with Crippen molar-refractivity contribution in [3.8, 4) is 0 Å². The molecule has 1 fully saturated rings. The second-order valence-corrected chi connectivity index (χ2v) is 11.1. The Balaban J connectivity index is 2.60. The van der Waals surface area contributed by atoms with Crippen LogP contribution in [0.3, 0.4) is 0 Å². The third kappa shape index (κ3) is 10.1. The van der Waals surface area contributed by atoms with Crippen molar-refractivity contribution >= 4 is 0 Å². The molecule has 3 atom stereocenters. The van der Waals surface area contributed by atoms with Gasteiger partial charge in [0, 0.05) is 0 Å². The van der Waals surface area contributed by atoms with Crippen LogP contribution in [0.5, 0.6) is 0 Å². The van der Waals surface area contributed by atoms with Crippen molar-refractivity contribution in [1.29, 1.82) is 0 Å². The first-order valence-corrected chi connectivity index (χ1v) is 11.1. The number of rotatable bonds is 0. The van der Waals surface area contributed by atoms with Gasteiger partial charge in [0.05, 0.1) is 0 Å². The van der Waals surface area contributed by atoms with Gasteiger partial charge in [0.15, 0.2) is 0 Å². The number of hydrogen-bond donors (Lipinski definition) is 0. The van der Waals surface area contributed by atoms with Gasteiger partial charge in [-0.3, -0.25) is 0 Å². The van der Waals surface area contributed by atoms with E-state index in [4.69, 9.17) is 0 Å². The zero-order valence-electron chi connectivity index (χ0n) is 18.2. The van der Waals surface area contributed by atoms with Crippen LogP contribution >= 0.6 is 0 Å². The van der Waals surface area contributed by atoms with Crippen LogP contribution in [0.1, 0.15) is 126 Å². The molecule has 0 heteroatoms. The minimum absolute atomic E-state index is 0.525. The van der Waals surface area contributed by atoms with Gasteiger partial charge < -0.3 is 0 Å². The lowest BCUT2D eigenvalue weighted by atomic mass is 9.74. The zero-order valence-corrected chi connectivity index (χ0v) is 18.2. The van der Waals surface area contributed by atoms with Gasteiger partial charge in [-0.25, -0.2) is 0 Å². The highest BCUT2D eigenvalue weighted by atomic mass is 14.3. The molecule has 1 rings (SSSR count). The fraction of sp³-hybridized carbons (Fsp3) is 1.00. The summed E-state index contributed by atoms with van der Waals surface area (Å²) in [5.41, 5.74) is 1.06. The van der Waals surface area contributed by atoms with E-state index < -0.39 is 0 Å². The minimum atomic E-state index is 0.525. The maximum Gasteiger partial charge on any atom is -0.0354 e. The molecule has 1 aliphatic carbocycles. The Bertz CT molecular complexity index is 325. The Morgan fingerprint density at radius 3 is 1.71 bits per heavy atom. The lowest BCUT2D eigenvalue weighted by Crippen LogP contribution is -2.19. The highest BCUT2D eigenvalue weighted by Gasteiger charge is 2.25. The summed E-state index contributed by atoms with van der Waals surface area (Å²) < 4.78 is 0. The molecule has 0 spiro atoms. The zero-order chi connectivity index (χ0) is 18.2. The lowest BCUT2D eigenvalue weighted by molar-refractivity contribution is 0.199. The second-order valence-electron chi connectivity index (χ2n) is 11.1. The average molecular weight is 337 g/mol. The summed E-state index contributed by atoms with van der Waals surface area (Å²) in [6.45, 7) is 17.5. The fourth-order valence-corrected chi connectivity index (χ4v) is 4.47. The second kappa shape index (κ2) is 10.2. The van der Waals surface area contributed by atoms with Gasteiger partial charge in [0.2, 0.25) is 0 Å². The highest BCUT2D eigenvalue weighted by Crippen LogP contribution is 2.38. The Morgan fingerprint density at radius 2 is 1.04 bits per heavy atom. The predicted octanol–water partition coefficient (Wildman–Crippen LogP) is 8.64. The summed E-state index contributed by atoms with van der Waals surface area (Å²) in [6.07, 6.45) is 17.2. The molecule has 0 radical (unpaired) electrons. The predicted molar refractivity (Wildman–Crippen MR) is 110 cm³/mol. The molecule has 0 aromatic carbocycles. The topological polar surface area (TPSA) is 0 Å². The fourth-order valence-electron chi connectivity index (χ4n) is 4.47. The molecule has 0 amide bonds. The summed E-state index contributed by atoms with van der Waals surface area (Å²) in [5.74, 6) is 2.75. The first-order chi connectivity index (χ1) is 11.1. The number of hydrogen-bond acceptors (Lipinski definition) is 0. The molecule has 144 valence electrons. The summed E-state index contributed by atoms with van der Waals surface area (Å²) in [5, 5.41) is 0. The molecule has 0 N–H and O–H groups in total. The van der Waals surface area contributed by atoms with Crippen LogP contribution in [0.4, 0.5) is 0 Å². The summed E-state index contributed by atoms with van der Waals surface area (Å²) in [6, 6.07) is 0. The Morgan fingerprint density at radius 1 is 0.500 bits per heavy atom. The van der Waals surface area contributed by atoms with Crippen molar-refractivity contribution in [2.45, 2.75) is 126 Å². The van der Waals surface area contributed by atoms with Crippen LogP contribution in [0, 0.1) is 28.6 Å². The third-order valence-corrected chi connectivity index (χ3v) is 6.80. The van der Waals surface area contributed by atoms with E-state index in [0.717, 1.165) is 17.8 Å². The van der Waals surface area contributed by atoms with E-state index in [0.29, 0.717) is 10.8 Å². The first-order valence-electron chi connectivity index (χ1n) is 11.1. The van der Waals surface area contributed by atoms with E-state index >= 15 is 0 Å². The van der Waals surface area contributed by atoms with Crippen LogP contribution in [0.25, 0.3) is 0 Å².